The third kappa shape index (κ3) is 3.04. The van der Waals surface area contributed by atoms with Gasteiger partial charge in [-0.2, -0.15) is 0 Å². The highest BCUT2D eigenvalue weighted by molar-refractivity contribution is 5.90. The smallest absolute Gasteiger partial charge is 0.338 e. The molecule has 0 heterocycles. The number of hydrogen-bond acceptors (Lipinski definition) is 4. The van der Waals surface area contributed by atoms with Crippen molar-refractivity contribution >= 4 is 17.3 Å². The van der Waals surface area contributed by atoms with Crippen LogP contribution in [0.2, 0.25) is 0 Å². The number of anilines is 1. The Hall–Kier alpha value is -2.18. The summed E-state index contributed by atoms with van der Waals surface area (Å²) >= 11 is 0. The monoisotopic (exact) mass is 284 g/mol. The molecule has 0 aliphatic heterocycles. The predicted octanol–water partition coefficient (Wildman–Crippen LogP) is 3.06. The van der Waals surface area contributed by atoms with Crippen LogP contribution in [0.3, 0.4) is 0 Å². The van der Waals surface area contributed by atoms with E-state index in [9.17, 15) is 19.3 Å². The first-order chi connectivity index (χ1) is 9.33. The number of carboxylic acid groups (broad SMARTS) is 1. The molecular formula is C13H17FN2O4. The Morgan fingerprint density at radius 3 is 2.40 bits per heavy atom. The zero-order chi connectivity index (χ0) is 15.4. The summed E-state index contributed by atoms with van der Waals surface area (Å²) in [6.45, 7) is 3.86. The molecule has 0 radical (unpaired) electrons. The highest BCUT2D eigenvalue weighted by atomic mass is 19.1. The van der Waals surface area contributed by atoms with Crippen LogP contribution in [0.5, 0.6) is 0 Å². The van der Waals surface area contributed by atoms with Gasteiger partial charge in [0, 0.05) is 13.1 Å². The summed E-state index contributed by atoms with van der Waals surface area (Å²) in [7, 11) is 1.64. The van der Waals surface area contributed by atoms with Gasteiger partial charge in [-0.05, 0) is 18.9 Å². The first kappa shape index (κ1) is 15.9. The average molecular weight is 284 g/mol. The molecule has 0 unspecified atom stereocenters. The van der Waals surface area contributed by atoms with Gasteiger partial charge in [0.1, 0.15) is 11.5 Å². The molecule has 1 aromatic rings. The molecule has 1 aromatic carbocycles. The minimum absolute atomic E-state index is 0.0146. The third-order valence-electron chi connectivity index (χ3n) is 3.36. The highest BCUT2D eigenvalue weighted by Gasteiger charge is 2.26. The van der Waals surface area contributed by atoms with Crippen molar-refractivity contribution in [1.82, 2.24) is 0 Å². The molecule has 1 rings (SSSR count). The second-order valence-electron chi connectivity index (χ2n) is 4.46. The molecule has 0 atom stereocenters. The van der Waals surface area contributed by atoms with Gasteiger partial charge in [-0.25, -0.2) is 9.18 Å². The van der Waals surface area contributed by atoms with Crippen LogP contribution in [0.1, 0.15) is 37.0 Å². The molecule has 110 valence electrons. The second kappa shape index (κ2) is 6.31. The number of carbonyl (C=O) groups is 1. The van der Waals surface area contributed by atoms with Gasteiger partial charge in [0.2, 0.25) is 0 Å². The second-order valence-corrected chi connectivity index (χ2v) is 4.46. The van der Waals surface area contributed by atoms with Crippen LogP contribution in [-0.2, 0) is 0 Å². The standard InChI is InChI=1S/C13H17FN2O4/c1-4-8(5-2)15(3)11-6-9(13(17)18)10(14)7-12(11)16(19)20/h6-8H,4-5H2,1-3H3,(H,17,18). The van der Waals surface area contributed by atoms with Crippen molar-refractivity contribution in [2.75, 3.05) is 11.9 Å². The van der Waals surface area contributed by atoms with E-state index in [-0.39, 0.29) is 11.7 Å². The van der Waals surface area contributed by atoms with Crippen molar-refractivity contribution in [3.05, 3.63) is 33.6 Å². The van der Waals surface area contributed by atoms with E-state index in [0.29, 0.717) is 6.07 Å². The summed E-state index contributed by atoms with van der Waals surface area (Å²) in [5.74, 6) is -2.55. The number of hydrogen-bond donors (Lipinski definition) is 1. The van der Waals surface area contributed by atoms with Crippen molar-refractivity contribution in [3.8, 4) is 0 Å². The van der Waals surface area contributed by atoms with E-state index in [4.69, 9.17) is 5.11 Å². The topological polar surface area (TPSA) is 83.7 Å². The Balaban J connectivity index is 3.45. The van der Waals surface area contributed by atoms with Gasteiger partial charge < -0.3 is 10.0 Å². The van der Waals surface area contributed by atoms with Crippen LogP contribution in [0.4, 0.5) is 15.8 Å². The lowest BCUT2D eigenvalue weighted by Gasteiger charge is -2.28. The molecule has 0 aliphatic carbocycles. The van der Waals surface area contributed by atoms with E-state index in [0.717, 1.165) is 18.9 Å². The molecule has 20 heavy (non-hydrogen) atoms. The molecule has 0 fully saturated rings. The molecule has 0 amide bonds. The predicted molar refractivity (Wildman–Crippen MR) is 72.8 cm³/mol. The Kier molecular flexibility index (Phi) is 5.01. The summed E-state index contributed by atoms with van der Waals surface area (Å²) in [6.07, 6.45) is 1.48. The fourth-order valence-corrected chi connectivity index (χ4v) is 2.18. The lowest BCUT2D eigenvalue weighted by molar-refractivity contribution is -0.384. The molecule has 0 aromatic heterocycles. The Labute approximate surface area is 116 Å². The number of nitro benzene ring substituents is 1. The maximum absolute atomic E-state index is 13.6. The quantitative estimate of drug-likeness (QED) is 0.641. The number of carboxylic acids is 1. The summed E-state index contributed by atoms with van der Waals surface area (Å²) in [6, 6.07) is 1.70. The zero-order valence-corrected chi connectivity index (χ0v) is 11.6. The number of nitrogens with zero attached hydrogens (tertiary/aromatic N) is 2. The fraction of sp³-hybridized carbons (Fsp3) is 0.462. The molecule has 6 nitrogen and oxygen atoms in total. The molecule has 0 aliphatic rings. The SMILES string of the molecule is CCC(CC)N(C)c1cc(C(=O)O)c(F)cc1[N+](=O)[O-]. The minimum Gasteiger partial charge on any atom is -0.478 e. The minimum atomic E-state index is -1.45. The number of halogens is 1. The summed E-state index contributed by atoms with van der Waals surface area (Å²) < 4.78 is 13.6. The molecule has 0 saturated heterocycles. The zero-order valence-electron chi connectivity index (χ0n) is 11.6. The lowest BCUT2D eigenvalue weighted by Crippen LogP contribution is -2.31. The van der Waals surface area contributed by atoms with Gasteiger partial charge in [0.15, 0.2) is 0 Å². The third-order valence-corrected chi connectivity index (χ3v) is 3.36. The summed E-state index contributed by atoms with van der Waals surface area (Å²) in [5.41, 5.74) is -0.882. The van der Waals surface area contributed by atoms with Crippen LogP contribution in [0.25, 0.3) is 0 Å². The molecule has 0 saturated carbocycles. The van der Waals surface area contributed by atoms with Gasteiger partial charge in [-0.1, -0.05) is 13.8 Å². The Morgan fingerprint density at radius 2 is 2.00 bits per heavy atom. The van der Waals surface area contributed by atoms with E-state index in [1.54, 1.807) is 11.9 Å². The van der Waals surface area contributed by atoms with Gasteiger partial charge in [-0.3, -0.25) is 10.1 Å². The molecule has 7 heteroatoms. The molecule has 1 N–H and O–H groups in total. The largest absolute Gasteiger partial charge is 0.478 e. The number of benzene rings is 1. The van der Waals surface area contributed by atoms with Crippen molar-refractivity contribution in [2.45, 2.75) is 32.7 Å². The van der Waals surface area contributed by atoms with E-state index in [2.05, 4.69) is 0 Å². The van der Waals surface area contributed by atoms with Crippen molar-refractivity contribution in [2.24, 2.45) is 0 Å². The average Bonchev–Trinajstić information content (AvgIpc) is 2.38. The van der Waals surface area contributed by atoms with Gasteiger partial charge >= 0.3 is 5.97 Å². The number of aromatic carboxylic acids is 1. The van der Waals surface area contributed by atoms with Crippen molar-refractivity contribution < 1.29 is 19.2 Å². The van der Waals surface area contributed by atoms with Gasteiger partial charge in [0.25, 0.3) is 5.69 Å². The van der Waals surface area contributed by atoms with Crippen LogP contribution in [0, 0.1) is 15.9 Å². The number of rotatable bonds is 6. The summed E-state index contributed by atoms with van der Waals surface area (Å²) in [5, 5.41) is 19.9. The highest BCUT2D eigenvalue weighted by Crippen LogP contribution is 2.32. The normalized spacial score (nSPS) is 10.7. The van der Waals surface area contributed by atoms with E-state index < -0.39 is 28.0 Å². The van der Waals surface area contributed by atoms with Crippen LogP contribution in [0.15, 0.2) is 12.1 Å². The molecule has 0 spiro atoms. The van der Waals surface area contributed by atoms with Gasteiger partial charge in [0.05, 0.1) is 16.6 Å². The first-order valence-electron chi connectivity index (χ1n) is 6.27. The Morgan fingerprint density at radius 1 is 1.45 bits per heavy atom. The maximum Gasteiger partial charge on any atom is 0.338 e. The first-order valence-corrected chi connectivity index (χ1v) is 6.27. The lowest BCUT2D eigenvalue weighted by atomic mass is 10.1. The van der Waals surface area contributed by atoms with E-state index >= 15 is 0 Å². The molecule has 0 bridgehead atoms. The van der Waals surface area contributed by atoms with Crippen molar-refractivity contribution in [3.63, 3.8) is 0 Å². The molecular weight excluding hydrogens is 267 g/mol. The summed E-state index contributed by atoms with van der Waals surface area (Å²) in [4.78, 5) is 22.9. The fourth-order valence-electron chi connectivity index (χ4n) is 2.18. The van der Waals surface area contributed by atoms with Crippen molar-refractivity contribution in [1.29, 1.82) is 0 Å². The van der Waals surface area contributed by atoms with Gasteiger partial charge in [-0.15, -0.1) is 0 Å². The van der Waals surface area contributed by atoms with E-state index in [1.807, 2.05) is 13.8 Å². The Bertz CT molecular complexity index is 529. The number of nitro groups is 1. The maximum atomic E-state index is 13.6. The van der Waals surface area contributed by atoms with Crippen LogP contribution < -0.4 is 4.90 Å². The van der Waals surface area contributed by atoms with Crippen LogP contribution in [-0.4, -0.2) is 29.1 Å². The van der Waals surface area contributed by atoms with E-state index in [1.165, 1.54) is 0 Å². The van der Waals surface area contributed by atoms with Crippen LogP contribution >= 0.6 is 0 Å².